The molecule has 1 saturated carbocycles. The number of amides is 1. The van der Waals surface area contributed by atoms with Gasteiger partial charge in [-0.2, -0.15) is 5.10 Å². The van der Waals surface area contributed by atoms with Gasteiger partial charge in [-0.1, -0.05) is 0 Å². The van der Waals surface area contributed by atoms with Crippen LogP contribution in [0.1, 0.15) is 45.3 Å². The lowest BCUT2D eigenvalue weighted by Crippen LogP contribution is -2.64. The number of rotatable bonds is 5. The van der Waals surface area contributed by atoms with Crippen molar-refractivity contribution >= 4 is 11.9 Å². The summed E-state index contributed by atoms with van der Waals surface area (Å²) in [5.41, 5.74) is 0.833. The molecular weight excluding hydrogens is 453 g/mol. The molecule has 4 fully saturated rings. The zero-order valence-corrected chi connectivity index (χ0v) is 21.5. The van der Waals surface area contributed by atoms with Gasteiger partial charge in [0.05, 0.1) is 38.0 Å². The summed E-state index contributed by atoms with van der Waals surface area (Å²) < 4.78 is 33.0. The third-order valence-electron chi connectivity index (χ3n) is 7.68. The molecule has 9 nitrogen and oxygen atoms in total. The third kappa shape index (κ3) is 5.29. The van der Waals surface area contributed by atoms with Crippen LogP contribution >= 0.6 is 0 Å². The number of hydrogen-bond acceptors (Lipinski definition) is 7. The molecule has 1 aromatic rings. The molecule has 5 rings (SSSR count). The number of hydrogen-bond donors (Lipinski definition) is 0. The van der Waals surface area contributed by atoms with Crippen molar-refractivity contribution < 1.29 is 23.4 Å². The molecule has 3 aliphatic heterocycles. The van der Waals surface area contributed by atoms with Crippen molar-refractivity contribution in [1.82, 2.24) is 19.6 Å². The maximum atomic E-state index is 14.1. The number of anilines is 1. The van der Waals surface area contributed by atoms with E-state index in [9.17, 15) is 9.18 Å². The van der Waals surface area contributed by atoms with Crippen LogP contribution in [0, 0.1) is 12.3 Å². The lowest BCUT2D eigenvalue weighted by atomic mass is 9.61. The molecule has 4 heterocycles. The molecule has 1 amide bonds. The Morgan fingerprint density at radius 1 is 1.26 bits per heavy atom. The third-order valence-corrected chi connectivity index (χ3v) is 7.68. The molecule has 2 unspecified atom stereocenters. The van der Waals surface area contributed by atoms with Crippen LogP contribution in [0.25, 0.3) is 0 Å². The molecule has 2 atom stereocenters. The van der Waals surface area contributed by atoms with Gasteiger partial charge in [-0.25, -0.2) is 9.18 Å². The smallest absolute Gasteiger partial charge is 0.410 e. The molecule has 0 aromatic carbocycles. The molecular formula is C25H40FN5O4. The molecule has 0 N–H and O–H groups in total. The van der Waals surface area contributed by atoms with E-state index in [0.717, 1.165) is 57.1 Å². The molecule has 196 valence electrons. The number of nitrogens with zero attached hydrogens (tertiary/aromatic N) is 5. The number of ether oxygens (including phenoxy) is 3. The Bertz CT molecular complexity index is 898. The number of aromatic nitrogens is 2. The van der Waals surface area contributed by atoms with Gasteiger partial charge in [0.15, 0.2) is 5.82 Å². The van der Waals surface area contributed by atoms with Crippen LogP contribution in [0.2, 0.25) is 0 Å². The maximum absolute atomic E-state index is 14.1. The van der Waals surface area contributed by atoms with Gasteiger partial charge in [-0.05, 0) is 40.5 Å². The van der Waals surface area contributed by atoms with Crippen LogP contribution in [0.3, 0.4) is 0 Å². The van der Waals surface area contributed by atoms with E-state index in [1.165, 1.54) is 0 Å². The SMILES string of the molecule is Cc1cc(N2CCN(CC3COCCO3)CC2CF)nn1C1CC2(C1)CN(C(=O)OC(C)(C)C)C2. The first-order valence-electron chi connectivity index (χ1n) is 12.9. The predicted octanol–water partition coefficient (Wildman–Crippen LogP) is 2.64. The standard InChI is InChI=1S/C25H40FN5O4/c1-18-9-22(30-6-5-28(13-20(30)12-26)14-21-15-33-7-8-34-21)27-31(18)19-10-25(11-19)16-29(17-25)23(32)35-24(2,3)4/h9,19-21H,5-8,10-17H2,1-4H3. The second kappa shape index (κ2) is 9.52. The Balaban J connectivity index is 1.14. The van der Waals surface area contributed by atoms with Crippen molar-refractivity contribution in [2.75, 3.05) is 70.7 Å². The Labute approximate surface area is 207 Å². The Morgan fingerprint density at radius 3 is 2.69 bits per heavy atom. The monoisotopic (exact) mass is 493 g/mol. The topological polar surface area (TPSA) is 72.3 Å². The van der Waals surface area contributed by atoms with Crippen LogP contribution < -0.4 is 4.90 Å². The highest BCUT2D eigenvalue weighted by molar-refractivity contribution is 5.69. The number of carbonyl (C=O) groups excluding carboxylic acids is 1. The summed E-state index contributed by atoms with van der Waals surface area (Å²) in [7, 11) is 0. The van der Waals surface area contributed by atoms with Gasteiger partial charge >= 0.3 is 6.09 Å². The maximum Gasteiger partial charge on any atom is 0.410 e. The molecule has 0 bridgehead atoms. The van der Waals surface area contributed by atoms with Crippen molar-refractivity contribution in [1.29, 1.82) is 0 Å². The van der Waals surface area contributed by atoms with Crippen LogP contribution in [0.4, 0.5) is 15.0 Å². The number of piperazine rings is 1. The van der Waals surface area contributed by atoms with Crippen molar-refractivity contribution in [2.45, 2.75) is 64.3 Å². The number of likely N-dealkylation sites (tertiary alicyclic amines) is 1. The normalized spacial score (nSPS) is 27.6. The summed E-state index contributed by atoms with van der Waals surface area (Å²) in [6.07, 6.45) is 1.87. The van der Waals surface area contributed by atoms with Crippen LogP contribution in [-0.2, 0) is 14.2 Å². The van der Waals surface area contributed by atoms with Crippen LogP contribution in [0.15, 0.2) is 6.07 Å². The minimum absolute atomic E-state index is 0.0701. The lowest BCUT2D eigenvalue weighted by Gasteiger charge is -2.58. The van der Waals surface area contributed by atoms with E-state index in [1.807, 2.05) is 20.8 Å². The summed E-state index contributed by atoms with van der Waals surface area (Å²) >= 11 is 0. The quantitative estimate of drug-likeness (QED) is 0.625. The molecule has 0 radical (unpaired) electrons. The van der Waals surface area contributed by atoms with Gasteiger partial charge in [-0.3, -0.25) is 9.58 Å². The largest absolute Gasteiger partial charge is 0.444 e. The predicted molar refractivity (Wildman–Crippen MR) is 130 cm³/mol. The second-order valence-electron chi connectivity index (χ2n) is 11.8. The minimum Gasteiger partial charge on any atom is -0.444 e. The highest BCUT2D eigenvalue weighted by atomic mass is 19.1. The number of aryl methyl sites for hydroxylation is 1. The minimum atomic E-state index is -0.467. The van der Waals surface area contributed by atoms with Crippen LogP contribution in [-0.4, -0.2) is 109 Å². The summed E-state index contributed by atoms with van der Waals surface area (Å²) in [4.78, 5) is 18.5. The number of alkyl halides is 1. The Kier molecular flexibility index (Phi) is 6.74. The first kappa shape index (κ1) is 24.8. The van der Waals surface area contributed by atoms with Gasteiger partial charge in [0, 0.05) is 56.4 Å². The summed E-state index contributed by atoms with van der Waals surface area (Å²) in [5, 5.41) is 4.93. The number of halogens is 1. The molecule has 1 aromatic heterocycles. The molecule has 1 spiro atoms. The van der Waals surface area contributed by atoms with Gasteiger partial charge < -0.3 is 24.0 Å². The number of carbonyl (C=O) groups is 1. The van der Waals surface area contributed by atoms with Crippen molar-refractivity contribution in [3.8, 4) is 0 Å². The van der Waals surface area contributed by atoms with E-state index in [1.54, 1.807) is 4.90 Å². The van der Waals surface area contributed by atoms with E-state index in [2.05, 4.69) is 27.5 Å². The lowest BCUT2D eigenvalue weighted by molar-refractivity contribution is -0.0986. The van der Waals surface area contributed by atoms with Gasteiger partial charge in [-0.15, -0.1) is 0 Å². The van der Waals surface area contributed by atoms with Gasteiger partial charge in [0.25, 0.3) is 0 Å². The van der Waals surface area contributed by atoms with Crippen LogP contribution in [0.5, 0.6) is 0 Å². The zero-order valence-electron chi connectivity index (χ0n) is 21.5. The van der Waals surface area contributed by atoms with Crippen molar-refractivity contribution in [3.05, 3.63) is 11.8 Å². The van der Waals surface area contributed by atoms with E-state index in [-0.39, 0.29) is 23.7 Å². The van der Waals surface area contributed by atoms with E-state index in [0.29, 0.717) is 32.4 Å². The molecule has 4 aliphatic rings. The first-order chi connectivity index (χ1) is 16.6. The highest BCUT2D eigenvalue weighted by Crippen LogP contribution is 2.54. The molecule has 10 heteroatoms. The zero-order chi connectivity index (χ0) is 24.8. The average molecular weight is 494 g/mol. The Hall–Kier alpha value is -1.91. The first-order valence-corrected chi connectivity index (χ1v) is 12.9. The second-order valence-corrected chi connectivity index (χ2v) is 11.8. The van der Waals surface area contributed by atoms with Crippen molar-refractivity contribution in [3.63, 3.8) is 0 Å². The fourth-order valence-corrected chi connectivity index (χ4v) is 6.02. The fourth-order valence-electron chi connectivity index (χ4n) is 6.02. The summed E-state index contributed by atoms with van der Waals surface area (Å²) in [5.74, 6) is 0.868. The van der Waals surface area contributed by atoms with E-state index < -0.39 is 12.3 Å². The molecule has 35 heavy (non-hydrogen) atoms. The van der Waals surface area contributed by atoms with Gasteiger partial charge in [0.1, 0.15) is 12.3 Å². The molecule has 3 saturated heterocycles. The van der Waals surface area contributed by atoms with E-state index in [4.69, 9.17) is 19.3 Å². The summed E-state index contributed by atoms with van der Waals surface area (Å²) in [6.45, 7) is 13.8. The van der Waals surface area contributed by atoms with Gasteiger partial charge in [0.2, 0.25) is 0 Å². The fraction of sp³-hybridized carbons (Fsp3) is 0.840. The van der Waals surface area contributed by atoms with E-state index >= 15 is 0 Å². The van der Waals surface area contributed by atoms with Crippen molar-refractivity contribution in [2.24, 2.45) is 5.41 Å². The summed E-state index contributed by atoms with van der Waals surface area (Å²) in [6, 6.07) is 2.21. The average Bonchev–Trinajstić information content (AvgIpc) is 3.12. The Morgan fingerprint density at radius 2 is 2.03 bits per heavy atom. The highest BCUT2D eigenvalue weighted by Gasteiger charge is 2.55. The molecule has 1 aliphatic carbocycles.